The van der Waals surface area contributed by atoms with Gasteiger partial charge in [-0.2, -0.15) is 4.72 Å². The van der Waals surface area contributed by atoms with Crippen LogP contribution in [0.15, 0.2) is 42.5 Å². The third-order valence-electron chi connectivity index (χ3n) is 4.83. The Balaban J connectivity index is 1.76. The molecule has 3 aliphatic heterocycles. The number of rotatable bonds is 0. The van der Waals surface area contributed by atoms with E-state index in [-0.39, 0.29) is 23.5 Å². The second kappa shape index (κ2) is 3.93. The molecule has 0 amide bonds. The van der Waals surface area contributed by atoms with Gasteiger partial charge in [0.05, 0.1) is 0 Å². The van der Waals surface area contributed by atoms with Crippen molar-refractivity contribution in [1.29, 1.82) is 0 Å². The van der Waals surface area contributed by atoms with Crippen LogP contribution in [0.25, 0.3) is 0 Å². The van der Waals surface area contributed by atoms with E-state index in [1.807, 2.05) is 18.2 Å². The minimum absolute atomic E-state index is 0.00657. The van der Waals surface area contributed by atoms with E-state index in [1.165, 1.54) is 16.8 Å². The van der Waals surface area contributed by atoms with Crippen LogP contribution in [0.4, 0.5) is 5.82 Å². The number of aromatic nitrogens is 1. The van der Waals surface area contributed by atoms with Gasteiger partial charge in [-0.25, -0.2) is 8.78 Å². The Labute approximate surface area is 125 Å². The molecule has 2 aromatic rings. The lowest BCUT2D eigenvalue weighted by atomic mass is 9.87. The minimum atomic E-state index is -1.12. The van der Waals surface area contributed by atoms with Gasteiger partial charge in [0.25, 0.3) is 5.82 Å². The fourth-order valence-electron chi connectivity index (χ4n) is 4.00. The lowest BCUT2D eigenvalue weighted by molar-refractivity contribution is -0.719. The summed E-state index contributed by atoms with van der Waals surface area (Å²) in [4.78, 5) is 0. The molecule has 21 heavy (non-hydrogen) atoms. The molecule has 5 rings (SSSR count). The zero-order chi connectivity index (χ0) is 14.1. The molecule has 0 unspecified atom stereocenters. The standard InChI is InChI=1S/C16H14N2O2S/c1-9-5-4-8-12-17-21(19)16-13(18(9)12)14-10-6-2-3-7-11(10)15(16)20-14/h2-8,13-16H,1H3/p+1/t13-,14-,15+,16-,21-/m1/s1. The number of ether oxygens (including phenoxy) is 1. The van der Waals surface area contributed by atoms with Crippen molar-refractivity contribution in [3.8, 4) is 0 Å². The first-order chi connectivity index (χ1) is 10.3. The number of hydrogen-bond acceptors (Lipinski definition) is 2. The van der Waals surface area contributed by atoms with Crippen LogP contribution < -0.4 is 9.29 Å². The monoisotopic (exact) mass is 299 g/mol. The molecule has 1 aromatic heterocycles. The van der Waals surface area contributed by atoms with E-state index < -0.39 is 11.0 Å². The highest BCUT2D eigenvalue weighted by molar-refractivity contribution is 7.87. The Morgan fingerprint density at radius 3 is 2.67 bits per heavy atom. The van der Waals surface area contributed by atoms with Gasteiger partial charge in [0.2, 0.25) is 11.0 Å². The molecule has 5 atom stereocenters. The molecule has 0 radical (unpaired) electrons. The molecule has 3 aliphatic rings. The van der Waals surface area contributed by atoms with Gasteiger partial charge in [-0.05, 0) is 24.1 Å². The zero-order valence-corrected chi connectivity index (χ0v) is 12.3. The van der Waals surface area contributed by atoms with Crippen LogP contribution in [-0.4, -0.2) is 9.46 Å². The van der Waals surface area contributed by atoms with Crippen LogP contribution in [0.5, 0.6) is 0 Å². The van der Waals surface area contributed by atoms with Gasteiger partial charge in [-0.1, -0.05) is 30.3 Å². The van der Waals surface area contributed by atoms with Gasteiger partial charge < -0.3 is 4.74 Å². The highest BCUT2D eigenvalue weighted by Crippen LogP contribution is 2.57. The van der Waals surface area contributed by atoms with Gasteiger partial charge in [0.15, 0.2) is 6.04 Å². The molecule has 2 bridgehead atoms. The van der Waals surface area contributed by atoms with E-state index in [0.717, 1.165) is 5.82 Å². The number of fused-ring (bicyclic) bond motifs is 10. The Morgan fingerprint density at radius 2 is 1.86 bits per heavy atom. The van der Waals surface area contributed by atoms with Gasteiger partial charge in [0.1, 0.15) is 23.2 Å². The van der Waals surface area contributed by atoms with Crippen molar-refractivity contribution >= 4 is 16.8 Å². The van der Waals surface area contributed by atoms with Crippen molar-refractivity contribution in [3.63, 3.8) is 0 Å². The second-order valence-corrected chi connectivity index (χ2v) is 7.23. The summed E-state index contributed by atoms with van der Waals surface area (Å²) in [7, 11) is -1.12. The third-order valence-corrected chi connectivity index (χ3v) is 6.26. The van der Waals surface area contributed by atoms with E-state index in [4.69, 9.17) is 4.74 Å². The summed E-state index contributed by atoms with van der Waals surface area (Å²) in [5.74, 6) is 0.920. The fraction of sp³-hybridized carbons (Fsp3) is 0.312. The second-order valence-electron chi connectivity index (χ2n) is 5.88. The highest BCUT2D eigenvalue weighted by Gasteiger charge is 2.61. The maximum Gasteiger partial charge on any atom is 0.288 e. The summed E-state index contributed by atoms with van der Waals surface area (Å²) in [5, 5.41) is -0.0245. The van der Waals surface area contributed by atoms with Crippen LogP contribution in [0.3, 0.4) is 0 Å². The quantitative estimate of drug-likeness (QED) is 0.757. The number of aryl methyl sites for hydroxylation is 1. The Morgan fingerprint density at radius 1 is 1.10 bits per heavy atom. The normalized spacial score (nSPS) is 34.8. The highest BCUT2D eigenvalue weighted by atomic mass is 32.2. The number of benzene rings is 1. The topological polar surface area (TPSA) is 42.2 Å². The van der Waals surface area contributed by atoms with Gasteiger partial charge in [-0.15, -0.1) is 0 Å². The molecule has 4 nitrogen and oxygen atoms in total. The first-order valence-electron chi connectivity index (χ1n) is 7.18. The van der Waals surface area contributed by atoms with E-state index in [0.29, 0.717) is 0 Å². The van der Waals surface area contributed by atoms with Crippen molar-refractivity contribution in [2.45, 2.75) is 30.4 Å². The first-order valence-corrected chi connectivity index (χ1v) is 8.40. The lowest BCUT2D eigenvalue weighted by Gasteiger charge is -2.31. The molecule has 1 saturated heterocycles. The smallest absolute Gasteiger partial charge is 0.288 e. The number of nitrogens with one attached hydrogen (secondary N) is 1. The van der Waals surface area contributed by atoms with Gasteiger partial charge in [0, 0.05) is 6.07 Å². The van der Waals surface area contributed by atoms with Gasteiger partial charge in [-0.3, -0.25) is 0 Å². The number of nitrogens with zero attached hydrogens (tertiary/aromatic N) is 1. The van der Waals surface area contributed by atoms with Crippen LogP contribution >= 0.6 is 0 Å². The number of pyridine rings is 1. The summed E-state index contributed by atoms with van der Waals surface area (Å²) < 4.78 is 24.3. The predicted molar refractivity (Wildman–Crippen MR) is 79.0 cm³/mol. The molecule has 106 valence electrons. The first kappa shape index (κ1) is 11.9. The average molecular weight is 299 g/mol. The SMILES string of the molecule is Cc1cccc2[n+]1[C@H]1[C@H]([C@H]3O[C@@H]1c1ccccc13)[S@@](=O)N2. The summed E-state index contributed by atoms with van der Waals surface area (Å²) >= 11 is 0. The maximum atomic E-state index is 12.7. The van der Waals surface area contributed by atoms with E-state index in [9.17, 15) is 4.21 Å². The fourth-order valence-corrected chi connectivity index (χ4v) is 5.47. The Bertz CT molecular complexity index is 792. The summed E-state index contributed by atoms with van der Waals surface area (Å²) in [6.45, 7) is 2.09. The van der Waals surface area contributed by atoms with Crippen molar-refractivity contribution in [1.82, 2.24) is 0 Å². The molecule has 1 fully saturated rings. The zero-order valence-electron chi connectivity index (χ0n) is 11.5. The summed E-state index contributed by atoms with van der Waals surface area (Å²) in [5.41, 5.74) is 3.63. The summed E-state index contributed by atoms with van der Waals surface area (Å²) in [6.07, 6.45) is -0.0584. The average Bonchev–Trinajstić information content (AvgIpc) is 3.05. The lowest BCUT2D eigenvalue weighted by Crippen LogP contribution is -2.57. The molecule has 0 saturated carbocycles. The minimum Gasteiger partial charge on any atom is -0.359 e. The summed E-state index contributed by atoms with van der Waals surface area (Å²) in [6, 6.07) is 14.5. The van der Waals surface area contributed by atoms with Crippen molar-refractivity contribution in [2.24, 2.45) is 0 Å². The largest absolute Gasteiger partial charge is 0.359 e. The molecule has 0 spiro atoms. The van der Waals surface area contributed by atoms with E-state index >= 15 is 0 Å². The van der Waals surface area contributed by atoms with Crippen LogP contribution in [-0.2, 0) is 15.7 Å². The Kier molecular flexibility index (Phi) is 2.22. The molecular formula is C16H15N2O2S+. The molecule has 4 heterocycles. The van der Waals surface area contributed by atoms with E-state index in [1.54, 1.807) is 0 Å². The van der Waals surface area contributed by atoms with Crippen LogP contribution in [0.1, 0.15) is 35.1 Å². The van der Waals surface area contributed by atoms with Crippen LogP contribution in [0, 0.1) is 6.92 Å². The molecule has 1 aromatic carbocycles. The maximum absolute atomic E-state index is 12.7. The predicted octanol–water partition coefficient (Wildman–Crippen LogP) is 2.11. The van der Waals surface area contributed by atoms with Crippen LogP contribution in [0.2, 0.25) is 0 Å². The molecular weight excluding hydrogens is 284 g/mol. The number of hydrogen-bond donors (Lipinski definition) is 1. The molecule has 1 N–H and O–H groups in total. The van der Waals surface area contributed by atoms with E-state index in [2.05, 4.69) is 40.5 Å². The van der Waals surface area contributed by atoms with Gasteiger partial charge >= 0.3 is 0 Å². The third kappa shape index (κ3) is 1.38. The number of anilines is 1. The molecule has 5 heteroatoms. The van der Waals surface area contributed by atoms with Crippen molar-refractivity contribution in [3.05, 3.63) is 59.3 Å². The van der Waals surface area contributed by atoms with Crippen molar-refractivity contribution < 1.29 is 13.5 Å². The van der Waals surface area contributed by atoms with Crippen molar-refractivity contribution in [2.75, 3.05) is 4.72 Å². The Hall–Kier alpha value is -1.72. The molecule has 0 aliphatic carbocycles.